The lowest BCUT2D eigenvalue weighted by atomic mass is 9.96. The Bertz CT molecular complexity index is 1140. The maximum absolute atomic E-state index is 13.6. The molecular weight excluding hydrogens is 357 g/mol. The highest BCUT2D eigenvalue weighted by Gasteiger charge is 2.35. The summed E-state index contributed by atoms with van der Waals surface area (Å²) in [6.07, 6.45) is 3.35. The van der Waals surface area contributed by atoms with Crippen molar-refractivity contribution < 1.29 is 9.18 Å². The molecule has 1 N–H and O–H groups in total. The summed E-state index contributed by atoms with van der Waals surface area (Å²) in [6.45, 7) is 1.59. The number of carbonyl (C=O) groups excluding carboxylic acids is 1. The summed E-state index contributed by atoms with van der Waals surface area (Å²) in [5, 5.41) is 0.551. The molecule has 3 aromatic rings. The van der Waals surface area contributed by atoms with Crippen LogP contribution in [-0.4, -0.2) is 30.0 Å². The van der Waals surface area contributed by atoms with Crippen LogP contribution in [0, 0.1) is 5.82 Å². The number of hydrogen-bond acceptors (Lipinski definition) is 3. The maximum atomic E-state index is 13.6. The van der Waals surface area contributed by atoms with Crippen LogP contribution in [0.5, 0.6) is 0 Å². The van der Waals surface area contributed by atoms with E-state index in [-0.39, 0.29) is 11.9 Å². The molecule has 0 aliphatic carbocycles. The highest BCUT2D eigenvalue weighted by Crippen LogP contribution is 2.39. The number of pyridine rings is 1. The predicted octanol–water partition coefficient (Wildman–Crippen LogP) is 3.69. The number of aromatic amines is 1. The fourth-order valence-electron chi connectivity index (χ4n) is 4.50. The van der Waals surface area contributed by atoms with E-state index in [2.05, 4.69) is 16.0 Å². The normalized spacial score (nSPS) is 18.7. The van der Waals surface area contributed by atoms with Crippen molar-refractivity contribution in [3.05, 3.63) is 70.3 Å². The van der Waals surface area contributed by atoms with Gasteiger partial charge in [0, 0.05) is 30.6 Å². The monoisotopic (exact) mass is 377 g/mol. The highest BCUT2D eigenvalue weighted by atomic mass is 19.1. The van der Waals surface area contributed by atoms with Gasteiger partial charge in [-0.3, -0.25) is 9.59 Å². The van der Waals surface area contributed by atoms with Gasteiger partial charge in [0.15, 0.2) is 0 Å². The second-order valence-electron chi connectivity index (χ2n) is 7.48. The number of carbonyl (C=O) groups is 1. The van der Waals surface area contributed by atoms with Crippen molar-refractivity contribution in [3.8, 4) is 0 Å². The Hall–Kier alpha value is -3.15. The number of hydrogen-bond donors (Lipinski definition) is 1. The van der Waals surface area contributed by atoms with Crippen molar-refractivity contribution in [2.45, 2.75) is 25.3 Å². The van der Waals surface area contributed by atoms with E-state index in [1.54, 1.807) is 11.0 Å². The third kappa shape index (κ3) is 2.68. The maximum Gasteiger partial charge on any atom is 0.259 e. The van der Waals surface area contributed by atoms with E-state index >= 15 is 0 Å². The summed E-state index contributed by atoms with van der Waals surface area (Å²) in [6, 6.07) is 13.6. The number of piperidine rings is 1. The second-order valence-corrected chi connectivity index (χ2v) is 7.48. The molecule has 5 rings (SSSR count). The number of rotatable bonds is 1. The van der Waals surface area contributed by atoms with Gasteiger partial charge in [-0.15, -0.1) is 0 Å². The fraction of sp³-hybridized carbons (Fsp3) is 0.273. The van der Waals surface area contributed by atoms with Crippen molar-refractivity contribution in [2.24, 2.45) is 0 Å². The zero-order chi connectivity index (χ0) is 19.3. The van der Waals surface area contributed by atoms with Crippen LogP contribution in [0.25, 0.3) is 10.9 Å². The largest absolute Gasteiger partial charge is 0.365 e. The van der Waals surface area contributed by atoms with Crippen LogP contribution in [0.1, 0.15) is 29.6 Å². The molecule has 1 amide bonds. The van der Waals surface area contributed by atoms with E-state index < -0.39 is 11.4 Å². The number of amides is 1. The van der Waals surface area contributed by atoms with E-state index in [1.165, 1.54) is 18.2 Å². The zero-order valence-electron chi connectivity index (χ0n) is 15.3. The van der Waals surface area contributed by atoms with Gasteiger partial charge in [-0.1, -0.05) is 12.1 Å². The Kier molecular flexibility index (Phi) is 3.93. The van der Waals surface area contributed by atoms with Gasteiger partial charge in [0.25, 0.3) is 5.91 Å². The number of nitrogens with zero attached hydrogens (tertiary/aromatic N) is 2. The molecule has 1 saturated heterocycles. The lowest BCUT2D eigenvalue weighted by Crippen LogP contribution is -2.53. The van der Waals surface area contributed by atoms with Crippen molar-refractivity contribution in [3.63, 3.8) is 0 Å². The summed E-state index contributed by atoms with van der Waals surface area (Å²) >= 11 is 0. The van der Waals surface area contributed by atoms with E-state index in [1.807, 2.05) is 18.2 Å². The van der Waals surface area contributed by atoms with E-state index in [4.69, 9.17) is 0 Å². The van der Waals surface area contributed by atoms with Gasteiger partial charge >= 0.3 is 0 Å². The molecule has 0 radical (unpaired) electrons. The van der Waals surface area contributed by atoms with Gasteiger partial charge in [-0.25, -0.2) is 4.39 Å². The Balaban J connectivity index is 1.64. The number of anilines is 2. The van der Waals surface area contributed by atoms with Gasteiger partial charge in [0.2, 0.25) is 5.56 Å². The summed E-state index contributed by atoms with van der Waals surface area (Å²) in [4.78, 5) is 32.5. The molecule has 2 aliphatic heterocycles. The average Bonchev–Trinajstić information content (AvgIpc) is 2.71. The predicted molar refractivity (Wildman–Crippen MR) is 108 cm³/mol. The minimum atomic E-state index is -0.450. The summed E-state index contributed by atoms with van der Waals surface area (Å²) < 4.78 is 13.6. The molecule has 28 heavy (non-hydrogen) atoms. The SMILES string of the molecule is O=C(c1cc(=O)[nH]c2cc(F)ccc12)N1CC2CCCCN2c2ccccc21. The van der Waals surface area contributed by atoms with E-state index in [0.29, 0.717) is 23.0 Å². The molecule has 5 nitrogen and oxygen atoms in total. The molecule has 1 aromatic heterocycles. The van der Waals surface area contributed by atoms with Gasteiger partial charge in [0.1, 0.15) is 5.82 Å². The molecule has 1 unspecified atom stereocenters. The number of fused-ring (bicyclic) bond motifs is 4. The lowest BCUT2D eigenvalue weighted by molar-refractivity contribution is 0.0984. The zero-order valence-corrected chi connectivity index (χ0v) is 15.3. The fourth-order valence-corrected chi connectivity index (χ4v) is 4.50. The van der Waals surface area contributed by atoms with Crippen LogP contribution >= 0.6 is 0 Å². The average molecular weight is 377 g/mol. The molecule has 1 fully saturated rings. The Morgan fingerprint density at radius 2 is 1.89 bits per heavy atom. The Morgan fingerprint density at radius 1 is 1.07 bits per heavy atom. The summed E-state index contributed by atoms with van der Waals surface area (Å²) in [5.41, 5.74) is 2.15. The van der Waals surface area contributed by atoms with Crippen LogP contribution in [-0.2, 0) is 0 Å². The first-order valence-electron chi connectivity index (χ1n) is 9.62. The Labute approximate surface area is 161 Å². The van der Waals surface area contributed by atoms with Crippen LogP contribution < -0.4 is 15.4 Å². The topological polar surface area (TPSA) is 56.4 Å². The molecule has 3 heterocycles. The number of halogens is 1. The van der Waals surface area contributed by atoms with Crippen molar-refractivity contribution >= 4 is 28.2 Å². The highest BCUT2D eigenvalue weighted by molar-refractivity contribution is 6.14. The molecule has 0 saturated carbocycles. The number of H-pyrrole nitrogens is 1. The molecule has 1 atom stereocenters. The van der Waals surface area contributed by atoms with Crippen molar-refractivity contribution in [2.75, 3.05) is 22.9 Å². The molecule has 0 spiro atoms. The number of para-hydroxylation sites is 2. The van der Waals surface area contributed by atoms with Gasteiger partial charge in [0.05, 0.1) is 22.5 Å². The minimum absolute atomic E-state index is 0.222. The number of benzene rings is 2. The van der Waals surface area contributed by atoms with Crippen LogP contribution in [0.3, 0.4) is 0 Å². The van der Waals surface area contributed by atoms with E-state index in [9.17, 15) is 14.0 Å². The van der Waals surface area contributed by atoms with Crippen LogP contribution in [0.2, 0.25) is 0 Å². The van der Waals surface area contributed by atoms with Crippen LogP contribution in [0.15, 0.2) is 53.3 Å². The smallest absolute Gasteiger partial charge is 0.259 e. The minimum Gasteiger partial charge on any atom is -0.365 e. The quantitative estimate of drug-likeness (QED) is 0.704. The Morgan fingerprint density at radius 3 is 2.75 bits per heavy atom. The van der Waals surface area contributed by atoms with Crippen LogP contribution in [0.4, 0.5) is 15.8 Å². The molecular formula is C22H20FN3O2. The summed E-state index contributed by atoms with van der Waals surface area (Å²) in [7, 11) is 0. The first kappa shape index (κ1) is 17.0. The lowest BCUT2D eigenvalue weighted by Gasteiger charge is -2.46. The first-order chi connectivity index (χ1) is 13.6. The molecule has 0 bridgehead atoms. The van der Waals surface area contributed by atoms with Crippen molar-refractivity contribution in [1.29, 1.82) is 0 Å². The third-order valence-corrected chi connectivity index (χ3v) is 5.78. The van der Waals surface area contributed by atoms with Crippen molar-refractivity contribution in [1.82, 2.24) is 4.98 Å². The molecule has 142 valence electrons. The number of aromatic nitrogens is 1. The van der Waals surface area contributed by atoms with Gasteiger partial charge < -0.3 is 14.8 Å². The molecule has 2 aromatic carbocycles. The molecule has 6 heteroatoms. The molecule has 2 aliphatic rings. The number of nitrogens with one attached hydrogen (secondary N) is 1. The summed E-state index contributed by atoms with van der Waals surface area (Å²) in [5.74, 6) is -0.672. The second kappa shape index (κ2) is 6.48. The van der Waals surface area contributed by atoms with Gasteiger partial charge in [-0.05, 0) is 49.6 Å². The standard InChI is InChI=1S/C22H20FN3O2/c23-14-8-9-16-17(12-21(27)24-18(16)11-14)22(28)26-13-15-5-3-4-10-25(15)19-6-1-2-7-20(19)26/h1-2,6-9,11-12,15H,3-5,10,13H2,(H,24,27). The first-order valence-corrected chi connectivity index (χ1v) is 9.62. The van der Waals surface area contributed by atoms with E-state index in [0.717, 1.165) is 37.2 Å². The third-order valence-electron chi connectivity index (χ3n) is 5.78. The van der Waals surface area contributed by atoms with Gasteiger partial charge in [-0.2, -0.15) is 0 Å².